The summed E-state index contributed by atoms with van der Waals surface area (Å²) in [5, 5.41) is 9.05. The Labute approximate surface area is 133 Å². The topological polar surface area (TPSA) is 110 Å². The summed E-state index contributed by atoms with van der Waals surface area (Å²) >= 11 is 0. The number of hydrogen-bond donors (Lipinski definition) is 2. The number of esters is 1. The Kier molecular flexibility index (Phi) is 6.22. The maximum Gasteiger partial charge on any atom is 0.338 e. The number of carboxylic acids is 1. The number of carboxylic acid groups (broad SMARTS) is 1. The van der Waals surface area contributed by atoms with Gasteiger partial charge in [0.15, 0.2) is 0 Å². The van der Waals surface area contributed by atoms with Gasteiger partial charge in [0.2, 0.25) is 10.0 Å². The van der Waals surface area contributed by atoms with Crippen molar-refractivity contribution in [3.05, 3.63) is 29.6 Å². The van der Waals surface area contributed by atoms with Crippen LogP contribution in [0.5, 0.6) is 0 Å². The second kappa shape index (κ2) is 7.51. The van der Waals surface area contributed by atoms with Crippen molar-refractivity contribution in [3.63, 3.8) is 0 Å². The first-order chi connectivity index (χ1) is 10.6. The molecule has 0 amide bonds. The van der Waals surface area contributed by atoms with E-state index in [9.17, 15) is 22.4 Å². The molecule has 0 aromatic heterocycles. The number of rotatable bonds is 7. The average molecular weight is 347 g/mol. The molecule has 1 aromatic rings. The van der Waals surface area contributed by atoms with E-state index < -0.39 is 44.6 Å². The molecule has 0 saturated carbocycles. The first kappa shape index (κ1) is 19.0. The summed E-state index contributed by atoms with van der Waals surface area (Å²) < 4.78 is 44.8. The van der Waals surface area contributed by atoms with Crippen molar-refractivity contribution in [3.8, 4) is 0 Å². The monoisotopic (exact) mass is 347 g/mol. The maximum atomic E-state index is 13.6. The second-order valence-electron chi connectivity index (χ2n) is 5.08. The van der Waals surface area contributed by atoms with Gasteiger partial charge in [-0.1, -0.05) is 13.8 Å². The lowest BCUT2D eigenvalue weighted by Crippen LogP contribution is -2.44. The number of hydrogen-bond acceptors (Lipinski definition) is 5. The Morgan fingerprint density at radius 2 is 1.91 bits per heavy atom. The van der Waals surface area contributed by atoms with Crippen LogP contribution >= 0.6 is 0 Å². The van der Waals surface area contributed by atoms with Gasteiger partial charge >= 0.3 is 11.9 Å². The fourth-order valence-electron chi connectivity index (χ4n) is 1.76. The van der Waals surface area contributed by atoms with Crippen LogP contribution in [-0.2, 0) is 19.6 Å². The molecule has 23 heavy (non-hydrogen) atoms. The molecule has 0 unspecified atom stereocenters. The molecular formula is C14H18FNO6S. The molecule has 0 aliphatic rings. The van der Waals surface area contributed by atoms with Gasteiger partial charge in [-0.05, 0) is 31.0 Å². The summed E-state index contributed by atoms with van der Waals surface area (Å²) in [5.41, 5.74) is -0.274. The van der Waals surface area contributed by atoms with E-state index in [-0.39, 0.29) is 12.2 Å². The van der Waals surface area contributed by atoms with E-state index in [2.05, 4.69) is 0 Å². The lowest BCUT2D eigenvalue weighted by Gasteiger charge is -2.18. The predicted molar refractivity (Wildman–Crippen MR) is 78.9 cm³/mol. The van der Waals surface area contributed by atoms with Gasteiger partial charge in [0.1, 0.15) is 11.9 Å². The summed E-state index contributed by atoms with van der Waals surface area (Å²) in [6, 6.07) is 1.09. The maximum absolute atomic E-state index is 13.6. The third-order valence-electron chi connectivity index (χ3n) is 2.91. The molecule has 0 fully saturated rings. The smallest absolute Gasteiger partial charge is 0.338 e. The molecule has 1 atom stereocenters. The number of sulfonamides is 1. The summed E-state index contributed by atoms with van der Waals surface area (Å²) in [4.78, 5) is 22.2. The Balaban J connectivity index is 3.23. The molecule has 1 rings (SSSR count). The number of ether oxygens (including phenoxy) is 1. The van der Waals surface area contributed by atoms with Gasteiger partial charge in [0.25, 0.3) is 0 Å². The van der Waals surface area contributed by atoms with E-state index in [1.807, 2.05) is 4.72 Å². The normalized spacial score (nSPS) is 12.9. The zero-order valence-electron chi connectivity index (χ0n) is 12.9. The minimum Gasteiger partial charge on any atom is -0.480 e. The third-order valence-corrected chi connectivity index (χ3v) is 4.33. The Hall–Kier alpha value is -2.00. The molecule has 0 heterocycles. The third kappa shape index (κ3) is 5.00. The molecular weight excluding hydrogens is 329 g/mol. The van der Waals surface area contributed by atoms with E-state index in [1.54, 1.807) is 6.92 Å². The van der Waals surface area contributed by atoms with Gasteiger partial charge in [-0.3, -0.25) is 4.79 Å². The van der Waals surface area contributed by atoms with Gasteiger partial charge in [0, 0.05) is 0 Å². The van der Waals surface area contributed by atoms with Crippen molar-refractivity contribution >= 4 is 22.0 Å². The van der Waals surface area contributed by atoms with Crippen molar-refractivity contribution in [1.82, 2.24) is 4.72 Å². The van der Waals surface area contributed by atoms with E-state index in [4.69, 9.17) is 9.84 Å². The van der Waals surface area contributed by atoms with Crippen LogP contribution in [0.3, 0.4) is 0 Å². The number of halogens is 1. The van der Waals surface area contributed by atoms with Crippen LogP contribution in [0.4, 0.5) is 4.39 Å². The number of aliphatic carboxylic acids is 1. The zero-order valence-corrected chi connectivity index (χ0v) is 13.7. The summed E-state index contributed by atoms with van der Waals surface area (Å²) in [7, 11) is -4.32. The van der Waals surface area contributed by atoms with Crippen LogP contribution in [0, 0.1) is 11.7 Å². The van der Waals surface area contributed by atoms with Crippen LogP contribution < -0.4 is 4.72 Å². The molecule has 9 heteroatoms. The molecule has 1 aromatic carbocycles. The Bertz CT molecular complexity index is 701. The van der Waals surface area contributed by atoms with E-state index >= 15 is 0 Å². The van der Waals surface area contributed by atoms with Crippen molar-refractivity contribution in [2.45, 2.75) is 31.7 Å². The molecule has 2 N–H and O–H groups in total. The van der Waals surface area contributed by atoms with Crippen LogP contribution in [-0.4, -0.2) is 38.1 Å². The van der Waals surface area contributed by atoms with Crippen LogP contribution in [0.25, 0.3) is 0 Å². The van der Waals surface area contributed by atoms with Gasteiger partial charge in [-0.15, -0.1) is 0 Å². The highest BCUT2D eigenvalue weighted by atomic mass is 32.2. The number of benzene rings is 1. The minimum absolute atomic E-state index is 0.0458. The first-order valence-corrected chi connectivity index (χ1v) is 8.29. The highest BCUT2D eigenvalue weighted by Gasteiger charge is 2.29. The van der Waals surface area contributed by atoms with Crippen molar-refractivity contribution in [2.75, 3.05) is 6.61 Å². The lowest BCUT2D eigenvalue weighted by molar-refractivity contribution is -0.140. The number of nitrogens with one attached hydrogen (secondary N) is 1. The highest BCUT2D eigenvalue weighted by Crippen LogP contribution is 2.17. The molecule has 0 aliphatic carbocycles. The first-order valence-electron chi connectivity index (χ1n) is 6.81. The summed E-state index contributed by atoms with van der Waals surface area (Å²) in [5.74, 6) is -3.71. The lowest BCUT2D eigenvalue weighted by atomic mass is 10.1. The van der Waals surface area contributed by atoms with Gasteiger partial charge < -0.3 is 9.84 Å². The zero-order chi connectivity index (χ0) is 17.8. The fourth-order valence-corrected chi connectivity index (χ4v) is 3.15. The summed E-state index contributed by atoms with van der Waals surface area (Å²) in [6.07, 6.45) is 0. The standard InChI is InChI=1S/C14H18FNO6S/c1-4-22-14(19)9-5-10(15)7-11(6-9)23(20,21)16-12(8(2)3)13(17)18/h5-8,12,16H,4H2,1-3H3,(H,17,18)/t12-/m0/s1. The fraction of sp³-hybridized carbons (Fsp3) is 0.429. The second-order valence-corrected chi connectivity index (χ2v) is 6.79. The Morgan fingerprint density at radius 3 is 2.39 bits per heavy atom. The average Bonchev–Trinajstić information content (AvgIpc) is 2.43. The largest absolute Gasteiger partial charge is 0.480 e. The van der Waals surface area contributed by atoms with Crippen LogP contribution in [0.15, 0.2) is 23.1 Å². The van der Waals surface area contributed by atoms with Crippen molar-refractivity contribution in [1.29, 1.82) is 0 Å². The van der Waals surface area contributed by atoms with Crippen molar-refractivity contribution < 1.29 is 32.2 Å². The highest BCUT2D eigenvalue weighted by molar-refractivity contribution is 7.89. The molecule has 0 saturated heterocycles. The van der Waals surface area contributed by atoms with E-state index in [0.29, 0.717) is 6.07 Å². The molecule has 0 radical (unpaired) electrons. The predicted octanol–water partition coefficient (Wildman–Crippen LogP) is 1.39. The molecule has 0 spiro atoms. The van der Waals surface area contributed by atoms with Gasteiger partial charge in [-0.25, -0.2) is 17.6 Å². The quantitative estimate of drug-likeness (QED) is 0.721. The SMILES string of the molecule is CCOC(=O)c1cc(F)cc(S(=O)(=O)N[C@H](C(=O)O)C(C)C)c1. The van der Waals surface area contributed by atoms with E-state index in [1.165, 1.54) is 13.8 Å². The minimum atomic E-state index is -4.32. The Morgan fingerprint density at radius 1 is 1.30 bits per heavy atom. The number of carbonyl (C=O) groups is 2. The molecule has 7 nitrogen and oxygen atoms in total. The molecule has 128 valence electrons. The summed E-state index contributed by atoms with van der Waals surface area (Å²) in [6.45, 7) is 4.65. The molecule has 0 aliphatic heterocycles. The van der Waals surface area contributed by atoms with Crippen LogP contribution in [0.2, 0.25) is 0 Å². The molecule has 0 bridgehead atoms. The van der Waals surface area contributed by atoms with Gasteiger partial charge in [0.05, 0.1) is 17.1 Å². The van der Waals surface area contributed by atoms with E-state index in [0.717, 1.165) is 12.1 Å². The van der Waals surface area contributed by atoms with Crippen molar-refractivity contribution in [2.24, 2.45) is 5.92 Å². The van der Waals surface area contributed by atoms with Crippen LogP contribution in [0.1, 0.15) is 31.1 Å². The number of carbonyl (C=O) groups excluding carboxylic acids is 1. The van der Waals surface area contributed by atoms with Gasteiger partial charge in [-0.2, -0.15) is 4.72 Å².